The van der Waals surface area contributed by atoms with Crippen LogP contribution in [0.15, 0.2) is 17.5 Å². The van der Waals surface area contributed by atoms with Crippen LogP contribution in [0.2, 0.25) is 0 Å². The molecule has 102 valence electrons. The SMILES string of the molecule is CNCc1nc(COc2c(C)ccc(C)c2C)cs1. The number of thiazole rings is 1. The molecule has 1 aromatic heterocycles. The summed E-state index contributed by atoms with van der Waals surface area (Å²) in [4.78, 5) is 4.53. The van der Waals surface area contributed by atoms with Crippen LogP contribution in [0.25, 0.3) is 0 Å². The summed E-state index contributed by atoms with van der Waals surface area (Å²) < 4.78 is 5.95. The predicted octanol–water partition coefficient (Wildman–Crippen LogP) is 3.37. The summed E-state index contributed by atoms with van der Waals surface area (Å²) in [7, 11) is 1.93. The van der Waals surface area contributed by atoms with Gasteiger partial charge in [0.25, 0.3) is 0 Å². The first kappa shape index (κ1) is 14.0. The highest BCUT2D eigenvalue weighted by molar-refractivity contribution is 7.09. The second kappa shape index (κ2) is 6.17. The molecule has 0 radical (unpaired) electrons. The molecule has 3 nitrogen and oxygen atoms in total. The van der Waals surface area contributed by atoms with Crippen LogP contribution < -0.4 is 10.1 Å². The molecule has 0 saturated heterocycles. The molecule has 1 N–H and O–H groups in total. The maximum atomic E-state index is 5.95. The quantitative estimate of drug-likeness (QED) is 0.909. The summed E-state index contributed by atoms with van der Waals surface area (Å²) >= 11 is 1.67. The maximum absolute atomic E-state index is 5.95. The lowest BCUT2D eigenvalue weighted by atomic mass is 10.1. The molecule has 0 unspecified atom stereocenters. The maximum Gasteiger partial charge on any atom is 0.131 e. The van der Waals surface area contributed by atoms with Gasteiger partial charge in [0.2, 0.25) is 0 Å². The highest BCUT2D eigenvalue weighted by Gasteiger charge is 2.08. The van der Waals surface area contributed by atoms with E-state index in [-0.39, 0.29) is 0 Å². The molecular formula is C15H20N2OS. The Labute approximate surface area is 118 Å². The standard InChI is InChI=1S/C15H20N2OS/c1-10-5-6-11(2)15(12(10)3)18-8-13-9-19-14(17-13)7-16-4/h5-6,9,16H,7-8H2,1-4H3. The molecule has 1 heterocycles. The number of nitrogens with one attached hydrogen (secondary N) is 1. The Kier molecular flexibility index (Phi) is 4.56. The number of rotatable bonds is 5. The van der Waals surface area contributed by atoms with Gasteiger partial charge in [0.15, 0.2) is 0 Å². The van der Waals surface area contributed by atoms with Crippen molar-refractivity contribution in [2.75, 3.05) is 7.05 Å². The van der Waals surface area contributed by atoms with Gasteiger partial charge in [0.1, 0.15) is 17.4 Å². The summed E-state index contributed by atoms with van der Waals surface area (Å²) in [5.74, 6) is 0.989. The first-order chi connectivity index (χ1) is 9.11. The largest absolute Gasteiger partial charge is 0.487 e. The van der Waals surface area contributed by atoms with E-state index in [0.29, 0.717) is 6.61 Å². The Hall–Kier alpha value is -1.39. The van der Waals surface area contributed by atoms with Gasteiger partial charge in [0, 0.05) is 11.9 Å². The van der Waals surface area contributed by atoms with Crippen LogP contribution in [0.4, 0.5) is 0 Å². The Bertz CT molecular complexity index is 563. The minimum atomic E-state index is 0.533. The molecular weight excluding hydrogens is 256 g/mol. The Morgan fingerprint density at radius 3 is 2.68 bits per heavy atom. The van der Waals surface area contributed by atoms with Gasteiger partial charge in [-0.2, -0.15) is 0 Å². The number of aromatic nitrogens is 1. The van der Waals surface area contributed by atoms with Crippen LogP contribution in [-0.4, -0.2) is 12.0 Å². The van der Waals surface area contributed by atoms with Crippen molar-refractivity contribution >= 4 is 11.3 Å². The van der Waals surface area contributed by atoms with E-state index in [9.17, 15) is 0 Å². The molecule has 19 heavy (non-hydrogen) atoms. The molecule has 0 amide bonds. The number of ether oxygens (including phenoxy) is 1. The van der Waals surface area contributed by atoms with Crippen LogP contribution >= 0.6 is 11.3 Å². The third-order valence-electron chi connectivity index (χ3n) is 3.17. The Morgan fingerprint density at radius 1 is 1.21 bits per heavy atom. The second-order valence-corrected chi connectivity index (χ2v) is 5.65. The second-order valence-electron chi connectivity index (χ2n) is 4.71. The van der Waals surface area contributed by atoms with Crippen molar-refractivity contribution in [3.8, 4) is 5.75 Å². The summed E-state index contributed by atoms with van der Waals surface area (Å²) in [6.45, 7) is 7.63. The first-order valence-electron chi connectivity index (χ1n) is 6.39. The van der Waals surface area contributed by atoms with Gasteiger partial charge in [-0.1, -0.05) is 12.1 Å². The average molecular weight is 276 g/mol. The zero-order valence-corrected chi connectivity index (χ0v) is 12.7. The van der Waals surface area contributed by atoms with Crippen molar-refractivity contribution in [2.24, 2.45) is 0 Å². The van der Waals surface area contributed by atoms with Crippen LogP contribution in [0, 0.1) is 20.8 Å². The molecule has 0 saturated carbocycles. The van der Waals surface area contributed by atoms with Crippen LogP contribution in [-0.2, 0) is 13.2 Å². The lowest BCUT2D eigenvalue weighted by Gasteiger charge is -2.13. The van der Waals surface area contributed by atoms with Crippen molar-refractivity contribution in [2.45, 2.75) is 33.9 Å². The lowest BCUT2D eigenvalue weighted by molar-refractivity contribution is 0.297. The smallest absolute Gasteiger partial charge is 0.131 e. The molecule has 0 spiro atoms. The van der Waals surface area contributed by atoms with Gasteiger partial charge in [-0.3, -0.25) is 0 Å². The predicted molar refractivity (Wildman–Crippen MR) is 79.9 cm³/mol. The summed E-state index contributed by atoms with van der Waals surface area (Å²) in [5.41, 5.74) is 4.64. The highest BCUT2D eigenvalue weighted by atomic mass is 32.1. The van der Waals surface area contributed by atoms with Gasteiger partial charge in [-0.05, 0) is 44.5 Å². The van der Waals surface area contributed by atoms with Crippen LogP contribution in [0.5, 0.6) is 5.75 Å². The van der Waals surface area contributed by atoms with Gasteiger partial charge in [-0.25, -0.2) is 4.98 Å². The molecule has 0 bridgehead atoms. The summed E-state index contributed by atoms with van der Waals surface area (Å²) in [6, 6.07) is 4.23. The fraction of sp³-hybridized carbons (Fsp3) is 0.400. The molecule has 0 aliphatic rings. The minimum absolute atomic E-state index is 0.533. The summed E-state index contributed by atoms with van der Waals surface area (Å²) in [5, 5.41) is 6.26. The van der Waals surface area contributed by atoms with E-state index in [1.165, 1.54) is 16.7 Å². The third-order valence-corrected chi connectivity index (χ3v) is 4.06. The van der Waals surface area contributed by atoms with Gasteiger partial charge >= 0.3 is 0 Å². The highest BCUT2D eigenvalue weighted by Crippen LogP contribution is 2.26. The lowest BCUT2D eigenvalue weighted by Crippen LogP contribution is -2.05. The number of aryl methyl sites for hydroxylation is 2. The molecule has 0 fully saturated rings. The van der Waals surface area contributed by atoms with Crippen molar-refractivity contribution < 1.29 is 4.74 Å². The number of hydrogen-bond acceptors (Lipinski definition) is 4. The molecule has 2 rings (SSSR count). The fourth-order valence-corrected chi connectivity index (χ4v) is 2.73. The Balaban J connectivity index is 2.07. The van der Waals surface area contributed by atoms with Gasteiger partial charge < -0.3 is 10.1 Å². The first-order valence-corrected chi connectivity index (χ1v) is 7.27. The Morgan fingerprint density at radius 2 is 1.95 bits per heavy atom. The number of benzene rings is 1. The van der Waals surface area contributed by atoms with E-state index in [0.717, 1.165) is 23.0 Å². The van der Waals surface area contributed by atoms with Crippen LogP contribution in [0.3, 0.4) is 0 Å². The van der Waals surface area contributed by atoms with Crippen LogP contribution in [0.1, 0.15) is 27.4 Å². The molecule has 2 aromatic rings. The molecule has 0 aliphatic heterocycles. The van der Waals surface area contributed by atoms with Crippen molar-refractivity contribution in [3.05, 3.63) is 44.9 Å². The van der Waals surface area contributed by atoms with Crippen molar-refractivity contribution in [1.82, 2.24) is 10.3 Å². The fourth-order valence-electron chi connectivity index (χ4n) is 1.94. The molecule has 4 heteroatoms. The summed E-state index contributed by atoms with van der Waals surface area (Å²) in [6.07, 6.45) is 0. The van der Waals surface area contributed by atoms with E-state index < -0.39 is 0 Å². The molecule has 1 aromatic carbocycles. The topological polar surface area (TPSA) is 34.2 Å². The van der Waals surface area contributed by atoms with Crippen molar-refractivity contribution in [3.63, 3.8) is 0 Å². The number of nitrogens with zero attached hydrogens (tertiary/aromatic N) is 1. The van der Waals surface area contributed by atoms with E-state index in [1.54, 1.807) is 11.3 Å². The monoisotopic (exact) mass is 276 g/mol. The molecule has 0 aliphatic carbocycles. The van der Waals surface area contributed by atoms with E-state index >= 15 is 0 Å². The molecule has 0 atom stereocenters. The minimum Gasteiger partial charge on any atom is -0.487 e. The average Bonchev–Trinajstić information content (AvgIpc) is 2.82. The zero-order chi connectivity index (χ0) is 13.8. The van der Waals surface area contributed by atoms with Gasteiger partial charge in [-0.15, -0.1) is 11.3 Å². The van der Waals surface area contributed by atoms with Gasteiger partial charge in [0.05, 0.1) is 5.69 Å². The number of hydrogen-bond donors (Lipinski definition) is 1. The van der Waals surface area contributed by atoms with Crippen molar-refractivity contribution in [1.29, 1.82) is 0 Å². The third kappa shape index (κ3) is 3.33. The zero-order valence-electron chi connectivity index (χ0n) is 11.9. The normalized spacial score (nSPS) is 10.7. The van der Waals surface area contributed by atoms with E-state index in [2.05, 4.69) is 48.6 Å². The van der Waals surface area contributed by atoms with E-state index in [4.69, 9.17) is 4.74 Å². The van der Waals surface area contributed by atoms with E-state index in [1.807, 2.05) is 7.05 Å².